The predicted octanol–water partition coefficient (Wildman–Crippen LogP) is 4.44. The quantitative estimate of drug-likeness (QED) is 0.694. The van der Waals surface area contributed by atoms with Gasteiger partial charge < -0.3 is 0 Å². The van der Waals surface area contributed by atoms with E-state index in [4.69, 9.17) is 0 Å². The van der Waals surface area contributed by atoms with Crippen molar-refractivity contribution in [3.05, 3.63) is 30.3 Å². The van der Waals surface area contributed by atoms with Gasteiger partial charge in [-0.3, -0.25) is 0 Å². The van der Waals surface area contributed by atoms with Crippen LogP contribution >= 0.6 is 10.0 Å². The molecule has 84 valence electrons. The van der Waals surface area contributed by atoms with Crippen molar-refractivity contribution >= 4 is 10.0 Å². The Bertz CT molecular complexity index is 296. The Balaban J connectivity index is 2.18. The van der Waals surface area contributed by atoms with E-state index in [2.05, 4.69) is 42.8 Å². The molecule has 1 fully saturated rings. The van der Waals surface area contributed by atoms with Gasteiger partial charge in [0.1, 0.15) is 0 Å². The molecule has 0 aromatic heterocycles. The molecule has 0 amide bonds. The molecule has 0 atom stereocenters. The standard InChI is InChI=1S/C14H22S/c1-15(2,13-9-5-3-6-10-13)14-11-7-4-8-12-14/h3,5-6,9-10,14H,4,7-8,11-12H2,1-2H3. The van der Waals surface area contributed by atoms with E-state index in [9.17, 15) is 0 Å². The third kappa shape index (κ3) is 2.39. The molecule has 0 radical (unpaired) electrons. The van der Waals surface area contributed by atoms with E-state index < -0.39 is 10.0 Å². The summed E-state index contributed by atoms with van der Waals surface area (Å²) in [6, 6.07) is 11.1. The smallest absolute Gasteiger partial charge is 0.00784 e. The molecule has 0 N–H and O–H groups in total. The molecular weight excluding hydrogens is 200 g/mol. The predicted molar refractivity (Wildman–Crippen MR) is 71.0 cm³/mol. The summed E-state index contributed by atoms with van der Waals surface area (Å²) in [5.41, 5.74) is 0. The van der Waals surface area contributed by atoms with Gasteiger partial charge >= 0.3 is 0 Å². The minimum Gasteiger partial charge on any atom is -0.217 e. The summed E-state index contributed by atoms with van der Waals surface area (Å²) in [6.07, 6.45) is 12.3. The molecule has 1 aromatic carbocycles. The van der Waals surface area contributed by atoms with Gasteiger partial charge in [-0.25, -0.2) is 10.0 Å². The first-order chi connectivity index (χ1) is 7.21. The summed E-state index contributed by atoms with van der Waals surface area (Å²) in [7, 11) is -0.562. The number of hydrogen-bond acceptors (Lipinski definition) is 0. The largest absolute Gasteiger partial charge is 0.217 e. The summed E-state index contributed by atoms with van der Waals surface area (Å²) in [4.78, 5) is 1.59. The maximum absolute atomic E-state index is 2.50. The second-order valence-electron chi connectivity index (χ2n) is 4.98. The van der Waals surface area contributed by atoms with E-state index in [-0.39, 0.29) is 0 Å². The average Bonchev–Trinajstić information content (AvgIpc) is 2.31. The van der Waals surface area contributed by atoms with Crippen LogP contribution in [0.1, 0.15) is 32.1 Å². The van der Waals surface area contributed by atoms with Crippen molar-refractivity contribution in [2.45, 2.75) is 42.2 Å². The van der Waals surface area contributed by atoms with E-state index >= 15 is 0 Å². The molecule has 0 bridgehead atoms. The van der Waals surface area contributed by atoms with Gasteiger partial charge in [-0.2, -0.15) is 0 Å². The molecule has 2 rings (SSSR count). The maximum Gasteiger partial charge on any atom is -0.00784 e. The van der Waals surface area contributed by atoms with Crippen molar-refractivity contribution in [3.8, 4) is 0 Å². The Kier molecular flexibility index (Phi) is 3.40. The number of rotatable bonds is 2. The first-order valence-corrected chi connectivity index (χ1v) is 8.50. The molecule has 0 saturated heterocycles. The minimum absolute atomic E-state index is 0.562. The molecular formula is C14H22S. The van der Waals surface area contributed by atoms with Crippen LogP contribution in [-0.2, 0) is 0 Å². The Labute approximate surface area is 95.4 Å². The number of hydrogen-bond donors (Lipinski definition) is 0. The minimum atomic E-state index is -0.562. The molecule has 0 unspecified atom stereocenters. The van der Waals surface area contributed by atoms with Crippen molar-refractivity contribution < 1.29 is 0 Å². The van der Waals surface area contributed by atoms with Crippen LogP contribution in [0.25, 0.3) is 0 Å². The zero-order valence-electron chi connectivity index (χ0n) is 9.91. The first-order valence-electron chi connectivity index (χ1n) is 5.98. The van der Waals surface area contributed by atoms with Gasteiger partial charge in [-0.15, -0.1) is 0 Å². The van der Waals surface area contributed by atoms with Gasteiger partial charge in [0.15, 0.2) is 0 Å². The zero-order valence-corrected chi connectivity index (χ0v) is 10.7. The lowest BCUT2D eigenvalue weighted by atomic mass is 10.0. The molecule has 0 nitrogen and oxygen atoms in total. The van der Waals surface area contributed by atoms with Crippen LogP contribution in [0.4, 0.5) is 0 Å². The summed E-state index contributed by atoms with van der Waals surface area (Å²) < 4.78 is 0. The highest BCUT2D eigenvalue weighted by Crippen LogP contribution is 2.57. The van der Waals surface area contributed by atoms with E-state index in [1.807, 2.05) is 0 Å². The SMILES string of the molecule is CS(C)(c1ccccc1)C1CCCCC1. The summed E-state index contributed by atoms with van der Waals surface area (Å²) in [5.74, 6) is 0. The van der Waals surface area contributed by atoms with Crippen molar-refractivity contribution in [3.63, 3.8) is 0 Å². The molecule has 0 aliphatic heterocycles. The molecule has 0 spiro atoms. The van der Waals surface area contributed by atoms with Crippen molar-refractivity contribution in [2.24, 2.45) is 0 Å². The van der Waals surface area contributed by atoms with E-state index in [1.165, 1.54) is 32.1 Å². The Morgan fingerprint density at radius 3 is 2.13 bits per heavy atom. The molecule has 1 aliphatic rings. The molecule has 1 heteroatoms. The molecule has 1 saturated carbocycles. The third-order valence-corrected chi connectivity index (χ3v) is 7.36. The number of benzene rings is 1. The van der Waals surface area contributed by atoms with Gasteiger partial charge in [-0.1, -0.05) is 49.6 Å². The molecule has 0 heterocycles. The van der Waals surface area contributed by atoms with Crippen LogP contribution in [0.2, 0.25) is 0 Å². The third-order valence-electron chi connectivity index (χ3n) is 3.74. The van der Waals surface area contributed by atoms with Gasteiger partial charge in [0.2, 0.25) is 0 Å². The molecule has 1 aromatic rings. The molecule has 15 heavy (non-hydrogen) atoms. The topological polar surface area (TPSA) is 0 Å². The summed E-state index contributed by atoms with van der Waals surface area (Å²) in [5, 5.41) is 0.966. The van der Waals surface area contributed by atoms with Gasteiger partial charge in [0.05, 0.1) is 0 Å². The Morgan fingerprint density at radius 2 is 1.53 bits per heavy atom. The highest BCUT2D eigenvalue weighted by Gasteiger charge is 2.27. The average molecular weight is 222 g/mol. The lowest BCUT2D eigenvalue weighted by Crippen LogP contribution is -2.20. The monoisotopic (exact) mass is 222 g/mol. The lowest BCUT2D eigenvalue weighted by molar-refractivity contribution is 0.512. The molecule has 1 aliphatic carbocycles. The Morgan fingerprint density at radius 1 is 0.933 bits per heavy atom. The van der Waals surface area contributed by atoms with Crippen LogP contribution in [0.5, 0.6) is 0 Å². The fraction of sp³-hybridized carbons (Fsp3) is 0.571. The lowest BCUT2D eigenvalue weighted by Gasteiger charge is -2.42. The fourth-order valence-corrected chi connectivity index (χ4v) is 5.37. The van der Waals surface area contributed by atoms with E-state index in [1.54, 1.807) is 4.90 Å². The van der Waals surface area contributed by atoms with Crippen LogP contribution in [-0.4, -0.2) is 17.8 Å². The van der Waals surface area contributed by atoms with Gasteiger partial charge in [0.25, 0.3) is 0 Å². The van der Waals surface area contributed by atoms with E-state index in [0.29, 0.717) is 0 Å². The highest BCUT2D eigenvalue weighted by atomic mass is 32.3. The fourth-order valence-electron chi connectivity index (χ4n) is 2.62. The van der Waals surface area contributed by atoms with Crippen LogP contribution in [0, 0.1) is 0 Å². The van der Waals surface area contributed by atoms with Crippen LogP contribution < -0.4 is 0 Å². The van der Waals surface area contributed by atoms with Crippen molar-refractivity contribution in [1.82, 2.24) is 0 Å². The second kappa shape index (κ2) is 4.61. The van der Waals surface area contributed by atoms with Gasteiger partial charge in [-0.05, 0) is 35.5 Å². The van der Waals surface area contributed by atoms with E-state index in [0.717, 1.165) is 5.25 Å². The van der Waals surface area contributed by atoms with Crippen molar-refractivity contribution in [2.75, 3.05) is 12.5 Å². The van der Waals surface area contributed by atoms with Gasteiger partial charge in [0, 0.05) is 0 Å². The van der Waals surface area contributed by atoms with Crippen LogP contribution in [0.3, 0.4) is 0 Å². The maximum atomic E-state index is 2.50. The van der Waals surface area contributed by atoms with Crippen molar-refractivity contribution in [1.29, 1.82) is 0 Å². The summed E-state index contributed by atoms with van der Waals surface area (Å²) in [6.45, 7) is 0. The summed E-state index contributed by atoms with van der Waals surface area (Å²) >= 11 is 0. The Hall–Kier alpha value is -0.430. The zero-order chi connectivity index (χ0) is 10.7. The normalized spacial score (nSPS) is 20.1. The van der Waals surface area contributed by atoms with Crippen LogP contribution in [0.15, 0.2) is 35.2 Å². The highest BCUT2D eigenvalue weighted by molar-refractivity contribution is 8.33. The first kappa shape index (κ1) is 11.1. The second-order valence-corrected chi connectivity index (χ2v) is 8.93.